The van der Waals surface area contributed by atoms with E-state index in [-0.39, 0.29) is 6.10 Å². The van der Waals surface area contributed by atoms with Crippen molar-refractivity contribution in [3.8, 4) is 11.4 Å². The van der Waals surface area contributed by atoms with Gasteiger partial charge >= 0.3 is 0 Å². The quantitative estimate of drug-likeness (QED) is 0.852. The van der Waals surface area contributed by atoms with Crippen molar-refractivity contribution < 1.29 is 4.74 Å². The van der Waals surface area contributed by atoms with Gasteiger partial charge in [0.2, 0.25) is 0 Å². The smallest absolute Gasteiger partial charge is 0.184 e. The van der Waals surface area contributed by atoms with Gasteiger partial charge in [-0.15, -0.1) is 5.10 Å². The van der Waals surface area contributed by atoms with Crippen molar-refractivity contribution in [1.29, 1.82) is 0 Å². The Balaban J connectivity index is 2.36. The topological polar surface area (TPSA) is 78.8 Å². The van der Waals surface area contributed by atoms with Crippen molar-refractivity contribution >= 4 is 17.3 Å². The third kappa shape index (κ3) is 2.60. The van der Waals surface area contributed by atoms with Crippen LogP contribution in [-0.2, 0) is 11.3 Å². The lowest BCUT2D eigenvalue weighted by Crippen LogP contribution is -2.17. The summed E-state index contributed by atoms with van der Waals surface area (Å²) in [5, 5.41) is 12.2. The molecule has 2 N–H and O–H groups in total. The molecule has 0 bridgehead atoms. The number of hydrogen-bond donors (Lipinski definition) is 1. The van der Waals surface area contributed by atoms with Crippen molar-refractivity contribution in [2.45, 2.75) is 19.6 Å². The Kier molecular flexibility index (Phi) is 3.78. The maximum atomic E-state index is 5.92. The van der Waals surface area contributed by atoms with Crippen LogP contribution >= 0.6 is 11.6 Å². The Morgan fingerprint density at radius 1 is 1.50 bits per heavy atom. The molecule has 0 saturated heterocycles. The van der Waals surface area contributed by atoms with E-state index in [0.717, 1.165) is 5.56 Å². The number of anilines is 1. The van der Waals surface area contributed by atoms with Gasteiger partial charge in [0.1, 0.15) is 0 Å². The van der Waals surface area contributed by atoms with Crippen LogP contribution in [0.15, 0.2) is 18.2 Å². The highest BCUT2D eigenvalue weighted by molar-refractivity contribution is 6.31. The number of aromatic nitrogens is 4. The number of methoxy groups -OCH3 is 1. The number of halogens is 1. The SMILES string of the molecule is COC(C)Cn1nnnc1-c1ccc(Cl)cc1N. The molecule has 0 aliphatic heterocycles. The number of rotatable bonds is 4. The largest absolute Gasteiger partial charge is 0.398 e. The van der Waals surface area contributed by atoms with E-state index in [1.165, 1.54) is 0 Å². The van der Waals surface area contributed by atoms with Gasteiger partial charge in [-0.05, 0) is 35.5 Å². The van der Waals surface area contributed by atoms with Gasteiger partial charge in [-0.2, -0.15) is 0 Å². The zero-order chi connectivity index (χ0) is 13.1. The van der Waals surface area contributed by atoms with E-state index >= 15 is 0 Å². The Morgan fingerprint density at radius 3 is 2.94 bits per heavy atom. The monoisotopic (exact) mass is 267 g/mol. The Hall–Kier alpha value is -1.66. The first kappa shape index (κ1) is 12.8. The second-order valence-electron chi connectivity index (χ2n) is 3.96. The molecule has 96 valence electrons. The first-order valence-corrected chi connectivity index (χ1v) is 5.84. The molecule has 1 atom stereocenters. The molecule has 2 aromatic rings. The lowest BCUT2D eigenvalue weighted by atomic mass is 10.1. The molecule has 6 nitrogen and oxygen atoms in total. The fourth-order valence-corrected chi connectivity index (χ4v) is 1.76. The van der Waals surface area contributed by atoms with E-state index in [0.29, 0.717) is 23.1 Å². The number of hydrogen-bond acceptors (Lipinski definition) is 5. The number of nitrogen functional groups attached to an aromatic ring is 1. The summed E-state index contributed by atoms with van der Waals surface area (Å²) in [6.45, 7) is 2.50. The third-order valence-corrected chi connectivity index (χ3v) is 2.85. The van der Waals surface area contributed by atoms with Crippen LogP contribution in [0.5, 0.6) is 0 Å². The van der Waals surface area contributed by atoms with E-state index in [4.69, 9.17) is 22.1 Å². The van der Waals surface area contributed by atoms with Crippen molar-refractivity contribution in [2.24, 2.45) is 0 Å². The first-order chi connectivity index (χ1) is 8.61. The van der Waals surface area contributed by atoms with Crippen LogP contribution in [0.3, 0.4) is 0 Å². The maximum Gasteiger partial charge on any atom is 0.184 e. The highest BCUT2D eigenvalue weighted by Gasteiger charge is 2.14. The number of nitrogens with two attached hydrogens (primary N) is 1. The summed E-state index contributed by atoms with van der Waals surface area (Å²) in [6.07, 6.45) is 0.0146. The fraction of sp³-hybridized carbons (Fsp3) is 0.364. The van der Waals surface area contributed by atoms with Crippen molar-refractivity contribution in [3.63, 3.8) is 0 Å². The Bertz CT molecular complexity index is 542. The molecule has 0 amide bonds. The van der Waals surface area contributed by atoms with Crippen LogP contribution in [0.25, 0.3) is 11.4 Å². The molecule has 0 aliphatic rings. The van der Waals surface area contributed by atoms with Crippen molar-refractivity contribution in [2.75, 3.05) is 12.8 Å². The summed E-state index contributed by atoms with van der Waals surface area (Å²) in [6, 6.07) is 5.24. The van der Waals surface area contributed by atoms with Crippen LogP contribution < -0.4 is 5.73 Å². The minimum absolute atomic E-state index is 0.0146. The molecule has 0 spiro atoms. The Morgan fingerprint density at radius 2 is 2.28 bits per heavy atom. The molecule has 0 fully saturated rings. The first-order valence-electron chi connectivity index (χ1n) is 5.46. The number of tetrazole rings is 1. The predicted molar refractivity (Wildman–Crippen MR) is 69.1 cm³/mol. The zero-order valence-corrected chi connectivity index (χ0v) is 10.9. The Labute approximate surface area is 110 Å². The van der Waals surface area contributed by atoms with E-state index in [1.807, 2.05) is 6.92 Å². The molecule has 1 heterocycles. The van der Waals surface area contributed by atoms with E-state index < -0.39 is 0 Å². The summed E-state index contributed by atoms with van der Waals surface area (Å²) in [7, 11) is 1.64. The van der Waals surface area contributed by atoms with Crippen LogP contribution in [0.1, 0.15) is 6.92 Å². The van der Waals surface area contributed by atoms with E-state index in [1.54, 1.807) is 30.0 Å². The summed E-state index contributed by atoms with van der Waals surface area (Å²) in [5.74, 6) is 0.605. The molecule has 18 heavy (non-hydrogen) atoms. The van der Waals surface area contributed by atoms with Gasteiger partial charge in [-0.25, -0.2) is 4.68 Å². The maximum absolute atomic E-state index is 5.92. The van der Waals surface area contributed by atoms with Gasteiger partial charge in [0.05, 0.1) is 12.6 Å². The summed E-state index contributed by atoms with van der Waals surface area (Å²) < 4.78 is 6.86. The fourth-order valence-electron chi connectivity index (χ4n) is 1.58. The summed E-state index contributed by atoms with van der Waals surface area (Å²) >= 11 is 5.87. The van der Waals surface area contributed by atoms with Gasteiger partial charge in [0.25, 0.3) is 0 Å². The van der Waals surface area contributed by atoms with Crippen molar-refractivity contribution in [3.05, 3.63) is 23.2 Å². The molecule has 0 radical (unpaired) electrons. The third-order valence-electron chi connectivity index (χ3n) is 2.62. The van der Waals surface area contributed by atoms with Crippen LogP contribution in [0, 0.1) is 0 Å². The van der Waals surface area contributed by atoms with Gasteiger partial charge in [-0.3, -0.25) is 0 Å². The minimum Gasteiger partial charge on any atom is -0.398 e. The van der Waals surface area contributed by atoms with Gasteiger partial charge in [-0.1, -0.05) is 11.6 Å². The molecule has 2 rings (SSSR count). The normalized spacial score (nSPS) is 12.6. The summed E-state index contributed by atoms with van der Waals surface area (Å²) in [5.41, 5.74) is 7.22. The molecule has 1 aromatic carbocycles. The van der Waals surface area contributed by atoms with E-state index in [9.17, 15) is 0 Å². The molecular formula is C11H14ClN5O. The van der Waals surface area contributed by atoms with Crippen LogP contribution in [0.4, 0.5) is 5.69 Å². The molecule has 0 aliphatic carbocycles. The van der Waals surface area contributed by atoms with Gasteiger partial charge in [0.15, 0.2) is 5.82 Å². The lowest BCUT2D eigenvalue weighted by Gasteiger charge is -2.11. The number of benzene rings is 1. The average Bonchev–Trinajstić information content (AvgIpc) is 2.77. The second-order valence-corrected chi connectivity index (χ2v) is 4.40. The molecular weight excluding hydrogens is 254 g/mol. The minimum atomic E-state index is 0.0146. The highest BCUT2D eigenvalue weighted by Crippen LogP contribution is 2.26. The molecule has 1 unspecified atom stereocenters. The number of ether oxygens (including phenoxy) is 1. The molecule has 1 aromatic heterocycles. The van der Waals surface area contributed by atoms with E-state index in [2.05, 4.69) is 15.5 Å². The number of nitrogens with zero attached hydrogens (tertiary/aromatic N) is 4. The second kappa shape index (κ2) is 5.32. The predicted octanol–water partition coefficient (Wildman–Crippen LogP) is 1.61. The van der Waals surface area contributed by atoms with Crippen LogP contribution in [0.2, 0.25) is 5.02 Å². The van der Waals surface area contributed by atoms with Gasteiger partial charge < -0.3 is 10.5 Å². The molecule has 0 saturated carbocycles. The summed E-state index contributed by atoms with van der Waals surface area (Å²) in [4.78, 5) is 0. The molecule has 7 heteroatoms. The highest BCUT2D eigenvalue weighted by atomic mass is 35.5. The van der Waals surface area contributed by atoms with Crippen molar-refractivity contribution in [1.82, 2.24) is 20.2 Å². The lowest BCUT2D eigenvalue weighted by molar-refractivity contribution is 0.0997. The van der Waals surface area contributed by atoms with Crippen LogP contribution in [-0.4, -0.2) is 33.4 Å². The van der Waals surface area contributed by atoms with Gasteiger partial charge in [0, 0.05) is 23.4 Å². The standard InChI is InChI=1S/C11H14ClN5O/c1-7(18-2)6-17-11(14-15-16-17)9-4-3-8(12)5-10(9)13/h3-5,7H,6,13H2,1-2H3. The average molecular weight is 268 g/mol. The zero-order valence-electron chi connectivity index (χ0n) is 10.2.